The molecule has 0 unspecified atom stereocenters. The minimum Gasteiger partial charge on any atom is -0.508 e. The molecule has 0 aliphatic heterocycles. The molecule has 5 heteroatoms. The Morgan fingerprint density at radius 1 is 1.00 bits per heavy atom. The van der Waals surface area contributed by atoms with Gasteiger partial charge >= 0.3 is 12.2 Å². The number of rotatable bonds is 1. The normalized spacial score (nSPS) is 8.87. The topological polar surface area (TPSA) is 20.2 Å². The molecule has 0 fully saturated rings. The van der Waals surface area contributed by atoms with Crippen molar-refractivity contribution < 1.29 is 22.7 Å². The zero-order valence-corrected chi connectivity index (χ0v) is 7.98. The van der Waals surface area contributed by atoms with Crippen LogP contribution in [0, 0.1) is 0 Å². The Hall–Kier alpha value is -1.52. The Kier molecular flexibility index (Phi) is 6.17. The molecule has 1 aromatic rings. The fraction of sp³-hybridized carbons (Fsp3) is 0.200. The molecule has 0 saturated carbocycles. The highest BCUT2D eigenvalue weighted by Crippen LogP contribution is 2.09. The van der Waals surface area contributed by atoms with Crippen LogP contribution in [0.3, 0.4) is 0 Å². The van der Waals surface area contributed by atoms with Crippen molar-refractivity contribution in [3.63, 3.8) is 0 Å². The first-order valence-corrected chi connectivity index (χ1v) is 4.11. The van der Waals surface area contributed by atoms with Gasteiger partial charge in [-0.15, -0.1) is 0 Å². The number of aromatic hydroxyl groups is 1. The second kappa shape index (κ2) is 6.86. The van der Waals surface area contributed by atoms with Gasteiger partial charge in [0.25, 0.3) is 0 Å². The van der Waals surface area contributed by atoms with Crippen molar-refractivity contribution in [1.82, 2.24) is 0 Å². The predicted molar refractivity (Wildman–Crippen MR) is 48.9 cm³/mol. The van der Waals surface area contributed by atoms with Gasteiger partial charge in [-0.1, -0.05) is 19.1 Å². The predicted octanol–water partition coefficient (Wildman–Crippen LogP) is 3.95. The first kappa shape index (κ1) is 13.5. The van der Waals surface area contributed by atoms with Crippen LogP contribution in [-0.4, -0.2) is 5.11 Å². The molecule has 0 heterocycles. The monoisotopic (exact) mass is 222 g/mol. The van der Waals surface area contributed by atoms with Gasteiger partial charge in [0, 0.05) is 0 Å². The Bertz CT molecular complexity index is 301. The van der Waals surface area contributed by atoms with Crippen LogP contribution in [0.4, 0.5) is 17.6 Å². The summed E-state index contributed by atoms with van der Waals surface area (Å²) in [6.07, 6.45) is -4.79. The summed E-state index contributed by atoms with van der Waals surface area (Å²) >= 11 is 0. The lowest BCUT2D eigenvalue weighted by atomic mass is 10.2. The maximum atomic E-state index is 10.3. The second-order valence-electron chi connectivity index (χ2n) is 2.54. The Morgan fingerprint density at radius 2 is 1.40 bits per heavy atom. The molecule has 0 radical (unpaired) electrons. The third-order valence-electron chi connectivity index (χ3n) is 1.49. The van der Waals surface area contributed by atoms with Crippen LogP contribution >= 0.6 is 0 Å². The molecule has 0 aromatic heterocycles. The van der Waals surface area contributed by atoms with Crippen molar-refractivity contribution in [1.29, 1.82) is 0 Å². The highest BCUT2D eigenvalue weighted by atomic mass is 19.3. The van der Waals surface area contributed by atoms with Crippen molar-refractivity contribution in [2.24, 2.45) is 0 Å². The first-order valence-electron chi connectivity index (χ1n) is 4.11. The van der Waals surface area contributed by atoms with Gasteiger partial charge in [0.05, 0.1) is 0 Å². The largest absolute Gasteiger partial charge is 0.508 e. The maximum Gasteiger partial charge on any atom is 0.334 e. The minimum absolute atomic E-state index is 0.340. The van der Waals surface area contributed by atoms with E-state index in [9.17, 15) is 17.6 Å². The molecule has 1 N–H and O–H groups in total. The molecule has 84 valence electrons. The first-order chi connectivity index (χ1) is 6.97. The van der Waals surface area contributed by atoms with Gasteiger partial charge in [-0.3, -0.25) is 0 Å². The van der Waals surface area contributed by atoms with Gasteiger partial charge in [0.2, 0.25) is 0 Å². The highest BCUT2D eigenvalue weighted by Gasteiger charge is 1.98. The summed E-state index contributed by atoms with van der Waals surface area (Å²) in [7, 11) is 0. The van der Waals surface area contributed by atoms with Crippen molar-refractivity contribution in [2.45, 2.75) is 13.3 Å². The lowest BCUT2D eigenvalue weighted by Crippen LogP contribution is -1.75. The molecule has 15 heavy (non-hydrogen) atoms. The van der Waals surface area contributed by atoms with Crippen molar-refractivity contribution in [2.75, 3.05) is 0 Å². The summed E-state index contributed by atoms with van der Waals surface area (Å²) in [6, 6.07) is 7.27. The van der Waals surface area contributed by atoms with E-state index in [4.69, 9.17) is 5.11 Å². The van der Waals surface area contributed by atoms with Gasteiger partial charge in [0.15, 0.2) is 0 Å². The molecular formula is C10H10F4O. The average Bonchev–Trinajstić information content (AvgIpc) is 2.20. The molecule has 0 aliphatic carbocycles. The fourth-order valence-corrected chi connectivity index (χ4v) is 0.732. The summed E-state index contributed by atoms with van der Waals surface area (Å²) in [6.45, 7) is 2.09. The second-order valence-corrected chi connectivity index (χ2v) is 2.54. The lowest BCUT2D eigenvalue weighted by Gasteiger charge is -1.93. The van der Waals surface area contributed by atoms with Crippen molar-refractivity contribution >= 4 is 0 Å². The Balaban J connectivity index is 0.000000288. The van der Waals surface area contributed by atoms with E-state index in [1.807, 2.05) is 12.1 Å². The van der Waals surface area contributed by atoms with Crippen LogP contribution in [0.2, 0.25) is 0 Å². The molecule has 1 aromatic carbocycles. The summed E-state index contributed by atoms with van der Waals surface area (Å²) in [4.78, 5) is 0. The van der Waals surface area contributed by atoms with E-state index in [1.165, 1.54) is 5.56 Å². The van der Waals surface area contributed by atoms with Crippen LogP contribution < -0.4 is 0 Å². The lowest BCUT2D eigenvalue weighted by molar-refractivity contribution is 0.308. The molecule has 0 bridgehead atoms. The number of phenols is 1. The summed E-state index contributed by atoms with van der Waals surface area (Å²) in [5.74, 6) is 0.340. The molecule has 0 spiro atoms. The molecule has 0 atom stereocenters. The standard InChI is InChI=1S/C8H10O.C2F4/c1-2-7-3-5-8(9)6-4-7;3-1(4)2(5)6/h3-6,9H,2H2,1H3;. The fourth-order valence-electron chi connectivity index (χ4n) is 0.732. The van der Waals surface area contributed by atoms with E-state index < -0.39 is 12.2 Å². The van der Waals surface area contributed by atoms with Crippen LogP contribution in [0.1, 0.15) is 12.5 Å². The van der Waals surface area contributed by atoms with Gasteiger partial charge < -0.3 is 5.11 Å². The van der Waals surface area contributed by atoms with E-state index in [2.05, 4.69) is 6.92 Å². The van der Waals surface area contributed by atoms with Gasteiger partial charge in [-0.2, -0.15) is 17.6 Å². The third-order valence-corrected chi connectivity index (χ3v) is 1.49. The van der Waals surface area contributed by atoms with E-state index in [0.29, 0.717) is 5.75 Å². The molecule has 1 nitrogen and oxygen atoms in total. The minimum atomic E-state index is -2.91. The summed E-state index contributed by atoms with van der Waals surface area (Å²) in [5, 5.41) is 8.85. The van der Waals surface area contributed by atoms with Crippen molar-refractivity contribution in [3.8, 4) is 5.75 Å². The average molecular weight is 222 g/mol. The Morgan fingerprint density at radius 3 is 1.67 bits per heavy atom. The quantitative estimate of drug-likeness (QED) is 0.713. The number of phenolic OH excluding ortho intramolecular Hbond substituents is 1. The van der Waals surface area contributed by atoms with E-state index in [1.54, 1.807) is 12.1 Å². The molecular weight excluding hydrogens is 212 g/mol. The summed E-state index contributed by atoms with van der Waals surface area (Å²) in [5.41, 5.74) is 1.26. The molecule has 0 aliphatic rings. The highest BCUT2D eigenvalue weighted by molar-refractivity contribution is 5.25. The van der Waals surface area contributed by atoms with Crippen molar-refractivity contribution in [3.05, 3.63) is 42.0 Å². The third kappa shape index (κ3) is 6.54. The zero-order valence-electron chi connectivity index (χ0n) is 7.98. The number of hydrogen-bond donors (Lipinski definition) is 1. The number of hydrogen-bond acceptors (Lipinski definition) is 1. The van der Waals surface area contributed by atoms with E-state index in [-0.39, 0.29) is 0 Å². The Labute approximate surface area is 84.7 Å². The number of aryl methyl sites for hydroxylation is 1. The van der Waals surface area contributed by atoms with Crippen LogP contribution in [0.25, 0.3) is 0 Å². The zero-order chi connectivity index (χ0) is 11.8. The number of benzene rings is 1. The van der Waals surface area contributed by atoms with Crippen LogP contribution in [-0.2, 0) is 6.42 Å². The van der Waals surface area contributed by atoms with E-state index >= 15 is 0 Å². The SMILES string of the molecule is CCc1ccc(O)cc1.FC(F)=C(F)F. The van der Waals surface area contributed by atoms with Gasteiger partial charge in [-0.25, -0.2) is 0 Å². The molecule has 0 saturated heterocycles. The van der Waals surface area contributed by atoms with Crippen LogP contribution in [0.15, 0.2) is 36.4 Å². The molecule has 1 rings (SSSR count). The van der Waals surface area contributed by atoms with Gasteiger partial charge in [-0.05, 0) is 24.1 Å². The maximum absolute atomic E-state index is 10.3. The van der Waals surface area contributed by atoms with E-state index in [0.717, 1.165) is 6.42 Å². The van der Waals surface area contributed by atoms with Crippen LogP contribution in [0.5, 0.6) is 5.75 Å². The molecule has 0 amide bonds. The number of halogens is 4. The summed E-state index contributed by atoms with van der Waals surface area (Å²) < 4.78 is 41.1. The smallest absolute Gasteiger partial charge is 0.334 e. The van der Waals surface area contributed by atoms with Gasteiger partial charge in [0.1, 0.15) is 5.75 Å².